The minimum atomic E-state index is -0.253. The van der Waals surface area contributed by atoms with Crippen molar-refractivity contribution in [1.82, 2.24) is 19.9 Å². The summed E-state index contributed by atoms with van der Waals surface area (Å²) >= 11 is 0. The Morgan fingerprint density at radius 3 is 2.64 bits per heavy atom. The minimum absolute atomic E-state index is 0.104. The van der Waals surface area contributed by atoms with Gasteiger partial charge in [0.05, 0.1) is 11.1 Å². The van der Waals surface area contributed by atoms with Crippen LogP contribution in [0.3, 0.4) is 0 Å². The number of H-pyrrole nitrogens is 2. The summed E-state index contributed by atoms with van der Waals surface area (Å²) in [6, 6.07) is 8.26. The first-order valence-corrected chi connectivity index (χ1v) is 7.99. The molecule has 25 heavy (non-hydrogen) atoms. The first-order chi connectivity index (χ1) is 12.0. The van der Waals surface area contributed by atoms with Crippen LogP contribution in [-0.2, 0) is 6.42 Å². The average molecular weight is 336 g/mol. The van der Waals surface area contributed by atoms with Crippen molar-refractivity contribution < 1.29 is 9.50 Å². The lowest BCUT2D eigenvalue weighted by Gasteiger charge is -2.05. The second-order valence-electron chi connectivity index (χ2n) is 6.20. The zero-order chi connectivity index (χ0) is 17.6. The number of phenols is 1. The second kappa shape index (κ2) is 5.73. The van der Waals surface area contributed by atoms with Crippen LogP contribution in [0.1, 0.15) is 22.6 Å². The van der Waals surface area contributed by atoms with Crippen LogP contribution in [-0.4, -0.2) is 25.0 Å². The molecule has 0 bridgehead atoms. The van der Waals surface area contributed by atoms with Crippen molar-refractivity contribution >= 4 is 11.0 Å². The summed E-state index contributed by atoms with van der Waals surface area (Å²) in [6.07, 6.45) is 2.34. The maximum Gasteiger partial charge on any atom is 0.154 e. The number of halogens is 1. The molecule has 0 radical (unpaired) electrons. The van der Waals surface area contributed by atoms with E-state index in [4.69, 9.17) is 0 Å². The quantitative estimate of drug-likeness (QED) is 0.529. The number of rotatable bonds is 3. The Morgan fingerprint density at radius 1 is 1.12 bits per heavy atom. The molecule has 0 aliphatic rings. The molecule has 0 saturated carbocycles. The molecule has 2 aromatic carbocycles. The van der Waals surface area contributed by atoms with E-state index in [1.807, 2.05) is 19.9 Å². The van der Waals surface area contributed by atoms with Gasteiger partial charge in [0, 0.05) is 18.3 Å². The van der Waals surface area contributed by atoms with Crippen molar-refractivity contribution in [2.75, 3.05) is 0 Å². The monoisotopic (exact) mass is 336 g/mol. The predicted molar refractivity (Wildman–Crippen MR) is 94.0 cm³/mol. The molecule has 126 valence electrons. The maximum atomic E-state index is 13.0. The van der Waals surface area contributed by atoms with Gasteiger partial charge in [-0.3, -0.25) is 0 Å². The maximum absolute atomic E-state index is 13.0. The van der Waals surface area contributed by atoms with E-state index >= 15 is 0 Å². The van der Waals surface area contributed by atoms with E-state index in [2.05, 4.69) is 19.9 Å². The van der Waals surface area contributed by atoms with Crippen molar-refractivity contribution in [3.63, 3.8) is 0 Å². The minimum Gasteiger partial charge on any atom is -0.505 e. The van der Waals surface area contributed by atoms with Gasteiger partial charge in [-0.05, 0) is 43.2 Å². The SMILES string of the molecule is Cc1nc2c(O)c(-c3ncc(Cc4ccc(F)cc4)[nH]3)cc(C)c2[nH]1. The van der Waals surface area contributed by atoms with Crippen LogP contribution in [0.15, 0.2) is 36.5 Å². The van der Waals surface area contributed by atoms with Gasteiger partial charge in [0.2, 0.25) is 0 Å². The molecule has 4 aromatic rings. The molecule has 4 rings (SSSR count). The van der Waals surface area contributed by atoms with Crippen LogP contribution in [0.5, 0.6) is 5.75 Å². The lowest BCUT2D eigenvalue weighted by molar-refractivity contribution is 0.482. The number of nitrogens with one attached hydrogen (secondary N) is 2. The molecule has 5 nitrogen and oxygen atoms in total. The Balaban J connectivity index is 1.71. The Kier molecular flexibility index (Phi) is 3.53. The van der Waals surface area contributed by atoms with Crippen LogP contribution in [0.2, 0.25) is 0 Å². The van der Waals surface area contributed by atoms with Gasteiger partial charge in [-0.2, -0.15) is 0 Å². The molecule has 3 N–H and O–H groups in total. The van der Waals surface area contributed by atoms with Crippen LogP contribution >= 0.6 is 0 Å². The van der Waals surface area contributed by atoms with Gasteiger partial charge in [-0.1, -0.05) is 12.1 Å². The van der Waals surface area contributed by atoms with E-state index in [1.54, 1.807) is 18.3 Å². The van der Waals surface area contributed by atoms with Crippen LogP contribution in [0, 0.1) is 19.7 Å². The molecule has 0 aliphatic carbocycles. The van der Waals surface area contributed by atoms with Gasteiger partial charge in [0.25, 0.3) is 0 Å². The number of aryl methyl sites for hydroxylation is 2. The van der Waals surface area contributed by atoms with E-state index < -0.39 is 0 Å². The number of hydrogen-bond donors (Lipinski definition) is 3. The second-order valence-corrected chi connectivity index (χ2v) is 6.20. The van der Waals surface area contributed by atoms with E-state index in [0.717, 1.165) is 28.2 Å². The highest BCUT2D eigenvalue weighted by molar-refractivity contribution is 5.91. The molecule has 2 heterocycles. The van der Waals surface area contributed by atoms with Crippen molar-refractivity contribution in [3.05, 3.63) is 65.0 Å². The number of phenolic OH excluding ortho intramolecular Hbond substituents is 1. The largest absolute Gasteiger partial charge is 0.505 e. The number of fused-ring (bicyclic) bond motifs is 1. The van der Waals surface area contributed by atoms with E-state index in [1.165, 1.54) is 12.1 Å². The number of aromatic nitrogens is 4. The van der Waals surface area contributed by atoms with Crippen LogP contribution in [0.25, 0.3) is 22.4 Å². The summed E-state index contributed by atoms with van der Waals surface area (Å²) in [4.78, 5) is 15.1. The molecular formula is C19H17FN4O. The van der Waals surface area contributed by atoms with Crippen LogP contribution in [0.4, 0.5) is 4.39 Å². The third kappa shape index (κ3) is 2.76. The Labute approximate surface area is 143 Å². The predicted octanol–water partition coefficient (Wildman–Crippen LogP) is 4.01. The highest BCUT2D eigenvalue weighted by atomic mass is 19.1. The molecule has 0 amide bonds. The van der Waals surface area contributed by atoms with Gasteiger partial charge in [-0.25, -0.2) is 14.4 Å². The number of benzene rings is 2. The normalized spacial score (nSPS) is 11.3. The van der Waals surface area contributed by atoms with Crippen molar-refractivity contribution in [3.8, 4) is 17.1 Å². The first kappa shape index (κ1) is 15.4. The van der Waals surface area contributed by atoms with E-state index in [0.29, 0.717) is 23.3 Å². The summed E-state index contributed by atoms with van der Waals surface area (Å²) in [5.74, 6) is 1.19. The fraction of sp³-hybridized carbons (Fsp3) is 0.158. The Hall–Kier alpha value is -3.15. The summed E-state index contributed by atoms with van der Waals surface area (Å²) in [5, 5.41) is 10.6. The molecule has 0 saturated heterocycles. The number of nitrogens with zero attached hydrogens (tertiary/aromatic N) is 2. The Morgan fingerprint density at radius 2 is 1.88 bits per heavy atom. The van der Waals surface area contributed by atoms with E-state index in [9.17, 15) is 9.50 Å². The number of hydrogen-bond acceptors (Lipinski definition) is 3. The summed E-state index contributed by atoms with van der Waals surface area (Å²) in [5.41, 5.74) is 4.84. The fourth-order valence-corrected chi connectivity index (χ4v) is 3.02. The molecule has 0 fully saturated rings. The molecule has 2 aromatic heterocycles. The fourth-order valence-electron chi connectivity index (χ4n) is 3.02. The first-order valence-electron chi connectivity index (χ1n) is 7.99. The van der Waals surface area contributed by atoms with Gasteiger partial charge in [-0.15, -0.1) is 0 Å². The van der Waals surface area contributed by atoms with Gasteiger partial charge < -0.3 is 15.1 Å². The molecule has 0 unspecified atom stereocenters. The Bertz CT molecular complexity index is 1060. The third-order valence-electron chi connectivity index (χ3n) is 4.25. The lowest BCUT2D eigenvalue weighted by Crippen LogP contribution is -1.90. The molecule has 6 heteroatoms. The highest BCUT2D eigenvalue weighted by Crippen LogP contribution is 2.35. The van der Waals surface area contributed by atoms with Gasteiger partial charge >= 0.3 is 0 Å². The summed E-state index contributed by atoms with van der Waals surface area (Å²) < 4.78 is 13.0. The highest BCUT2D eigenvalue weighted by Gasteiger charge is 2.16. The molecule has 0 aliphatic heterocycles. The summed E-state index contributed by atoms with van der Waals surface area (Å²) in [6.45, 7) is 3.82. The zero-order valence-corrected chi connectivity index (χ0v) is 13.9. The number of imidazole rings is 2. The number of aromatic hydroxyl groups is 1. The topological polar surface area (TPSA) is 77.6 Å². The smallest absolute Gasteiger partial charge is 0.154 e. The molecular weight excluding hydrogens is 319 g/mol. The molecule has 0 atom stereocenters. The zero-order valence-electron chi connectivity index (χ0n) is 13.9. The van der Waals surface area contributed by atoms with Gasteiger partial charge in [0.15, 0.2) is 5.75 Å². The lowest BCUT2D eigenvalue weighted by atomic mass is 10.1. The van der Waals surface area contributed by atoms with Crippen LogP contribution < -0.4 is 0 Å². The van der Waals surface area contributed by atoms with Gasteiger partial charge in [0.1, 0.15) is 23.0 Å². The van der Waals surface area contributed by atoms with Crippen molar-refractivity contribution in [1.29, 1.82) is 0 Å². The number of aromatic amines is 2. The average Bonchev–Trinajstić information content (AvgIpc) is 3.20. The van der Waals surface area contributed by atoms with E-state index in [-0.39, 0.29) is 11.6 Å². The third-order valence-corrected chi connectivity index (χ3v) is 4.25. The van der Waals surface area contributed by atoms with Crippen molar-refractivity contribution in [2.24, 2.45) is 0 Å². The molecule has 0 spiro atoms. The standard InChI is InChI=1S/C19H17FN4O/c1-10-7-15(18(25)17-16(10)22-11(2)23-17)19-21-9-14(24-19)8-12-3-5-13(20)6-4-12/h3-7,9,25H,8H2,1-2H3,(H,21,24)(H,22,23). The summed E-state index contributed by atoms with van der Waals surface area (Å²) in [7, 11) is 0. The van der Waals surface area contributed by atoms with Crippen molar-refractivity contribution in [2.45, 2.75) is 20.3 Å².